The van der Waals surface area contributed by atoms with Gasteiger partial charge in [0.1, 0.15) is 18.5 Å². The Morgan fingerprint density at radius 3 is 2.70 bits per heavy atom. The number of hydrogen-bond donors (Lipinski definition) is 0. The monoisotopic (exact) mass is 593 g/mol. The lowest BCUT2D eigenvalue weighted by molar-refractivity contribution is -0.128. The summed E-state index contributed by atoms with van der Waals surface area (Å²) in [6.07, 6.45) is 7.27. The molecule has 9 nitrogen and oxygen atoms in total. The number of fused-ring (bicyclic) bond motifs is 2. The zero-order valence-corrected chi connectivity index (χ0v) is 26.0. The van der Waals surface area contributed by atoms with Gasteiger partial charge < -0.3 is 29.2 Å². The number of amides is 1. The fourth-order valence-corrected chi connectivity index (χ4v) is 7.21. The summed E-state index contributed by atoms with van der Waals surface area (Å²) in [4.78, 5) is 35.1. The van der Waals surface area contributed by atoms with Crippen LogP contribution in [0.1, 0.15) is 42.5 Å². The van der Waals surface area contributed by atoms with E-state index < -0.39 is 0 Å². The number of nitrogens with zero attached hydrogens (tertiary/aromatic N) is 7. The van der Waals surface area contributed by atoms with Crippen LogP contribution in [-0.2, 0) is 17.8 Å². The Hall–Kier alpha value is -4.16. The van der Waals surface area contributed by atoms with Crippen molar-refractivity contribution in [2.45, 2.75) is 57.7 Å². The highest BCUT2D eigenvalue weighted by atomic mass is 16.5. The SMILES string of the molecule is [C-]#[N+]C[C@H]1CN(c2nc(OCCN(C)C3CCCC3)nc3c2CCN(c2cccc4cccc(C)c24)C3)CCN1C(=O)C=C. The molecule has 1 aliphatic carbocycles. The van der Waals surface area contributed by atoms with Gasteiger partial charge in [0.15, 0.2) is 0 Å². The van der Waals surface area contributed by atoms with Crippen LogP contribution in [0.4, 0.5) is 11.5 Å². The molecule has 0 spiro atoms. The summed E-state index contributed by atoms with van der Waals surface area (Å²) in [7, 11) is 2.18. The van der Waals surface area contributed by atoms with Gasteiger partial charge in [-0.05, 0) is 56.3 Å². The van der Waals surface area contributed by atoms with Gasteiger partial charge in [-0.1, -0.05) is 49.8 Å². The molecule has 9 heteroatoms. The van der Waals surface area contributed by atoms with Crippen LogP contribution in [-0.4, -0.2) is 90.7 Å². The summed E-state index contributed by atoms with van der Waals surface area (Å²) in [5.41, 5.74) is 4.61. The first-order valence-electron chi connectivity index (χ1n) is 15.9. The van der Waals surface area contributed by atoms with Crippen molar-refractivity contribution in [2.24, 2.45) is 0 Å². The minimum atomic E-state index is -0.222. The first kappa shape index (κ1) is 29.9. The lowest BCUT2D eigenvalue weighted by atomic mass is 9.99. The summed E-state index contributed by atoms with van der Waals surface area (Å²) in [6.45, 7) is 18.2. The van der Waals surface area contributed by atoms with Crippen molar-refractivity contribution < 1.29 is 9.53 Å². The van der Waals surface area contributed by atoms with Crippen LogP contribution in [0.3, 0.4) is 0 Å². The van der Waals surface area contributed by atoms with E-state index in [0.29, 0.717) is 44.8 Å². The van der Waals surface area contributed by atoms with Gasteiger partial charge >= 0.3 is 6.01 Å². The summed E-state index contributed by atoms with van der Waals surface area (Å²) in [5.74, 6) is 0.753. The molecule has 0 unspecified atom stereocenters. The molecule has 0 radical (unpaired) electrons. The van der Waals surface area contributed by atoms with E-state index in [9.17, 15) is 4.79 Å². The van der Waals surface area contributed by atoms with Crippen LogP contribution >= 0.6 is 0 Å². The maximum Gasteiger partial charge on any atom is 0.318 e. The number of rotatable bonds is 9. The Bertz CT molecular complexity index is 1560. The molecule has 3 aromatic rings. The quantitative estimate of drug-likeness (QED) is 0.259. The van der Waals surface area contributed by atoms with Crippen molar-refractivity contribution in [3.63, 3.8) is 0 Å². The highest BCUT2D eigenvalue weighted by Crippen LogP contribution is 2.36. The molecule has 1 amide bonds. The lowest BCUT2D eigenvalue weighted by Crippen LogP contribution is -2.56. The molecule has 3 heterocycles. The number of piperazine rings is 1. The Labute approximate surface area is 260 Å². The Morgan fingerprint density at radius 1 is 1.14 bits per heavy atom. The van der Waals surface area contributed by atoms with Crippen LogP contribution in [0.2, 0.25) is 0 Å². The third-order valence-corrected chi connectivity index (χ3v) is 9.62. The average molecular weight is 594 g/mol. The van der Waals surface area contributed by atoms with Crippen LogP contribution in [0, 0.1) is 13.5 Å². The van der Waals surface area contributed by atoms with Gasteiger partial charge in [0, 0.05) is 55.4 Å². The minimum absolute atomic E-state index is 0.126. The van der Waals surface area contributed by atoms with E-state index in [1.165, 1.54) is 53.8 Å². The number of likely N-dealkylation sites (N-methyl/N-ethyl adjacent to an activating group) is 1. The third-order valence-electron chi connectivity index (χ3n) is 9.62. The third kappa shape index (κ3) is 6.09. The van der Waals surface area contributed by atoms with Gasteiger partial charge in [-0.25, -0.2) is 6.57 Å². The van der Waals surface area contributed by atoms with Gasteiger partial charge in [-0.15, -0.1) is 0 Å². The minimum Gasteiger partial charge on any atom is -0.462 e. The molecule has 3 aliphatic rings. The van der Waals surface area contributed by atoms with E-state index >= 15 is 0 Å². The van der Waals surface area contributed by atoms with Crippen LogP contribution in [0.15, 0.2) is 49.1 Å². The number of aryl methyl sites for hydroxylation is 1. The van der Waals surface area contributed by atoms with E-state index in [0.717, 1.165) is 36.6 Å². The Balaban J connectivity index is 1.30. The molecule has 1 aromatic heterocycles. The number of ether oxygens (including phenoxy) is 1. The molecule has 2 aliphatic heterocycles. The van der Waals surface area contributed by atoms with E-state index in [1.807, 2.05) is 0 Å². The van der Waals surface area contributed by atoms with Gasteiger partial charge in [0.05, 0.1) is 12.2 Å². The molecule has 0 N–H and O–H groups in total. The second-order valence-electron chi connectivity index (χ2n) is 12.3. The molecule has 44 heavy (non-hydrogen) atoms. The predicted molar refractivity (Wildman–Crippen MR) is 175 cm³/mol. The summed E-state index contributed by atoms with van der Waals surface area (Å²) in [5, 5.41) is 2.52. The van der Waals surface area contributed by atoms with Crippen LogP contribution in [0.25, 0.3) is 15.6 Å². The predicted octanol–water partition coefficient (Wildman–Crippen LogP) is 4.88. The number of anilines is 2. The fraction of sp³-hybridized carbons (Fsp3) is 0.486. The molecule has 1 atom stereocenters. The molecule has 1 saturated heterocycles. The van der Waals surface area contributed by atoms with Gasteiger partial charge in [-0.2, -0.15) is 9.97 Å². The first-order valence-corrected chi connectivity index (χ1v) is 15.9. The maximum absolute atomic E-state index is 12.6. The van der Waals surface area contributed by atoms with Crippen molar-refractivity contribution >= 4 is 28.2 Å². The number of hydrogen-bond acceptors (Lipinski definition) is 7. The van der Waals surface area contributed by atoms with Crippen molar-refractivity contribution in [3.05, 3.63) is 77.3 Å². The second-order valence-corrected chi connectivity index (χ2v) is 12.3. The molecular weight excluding hydrogens is 550 g/mol. The highest BCUT2D eigenvalue weighted by molar-refractivity contribution is 5.97. The molecule has 2 fully saturated rings. The molecular formula is C35H43N7O2. The summed E-state index contributed by atoms with van der Waals surface area (Å²) >= 11 is 0. The number of carbonyl (C=O) groups excluding carboxylic acids is 1. The van der Waals surface area contributed by atoms with E-state index in [2.05, 4.69) is 76.5 Å². The normalized spacial score (nSPS) is 18.9. The molecule has 6 rings (SSSR count). The number of aromatic nitrogens is 2. The number of benzene rings is 2. The molecule has 2 aromatic carbocycles. The summed E-state index contributed by atoms with van der Waals surface area (Å²) < 4.78 is 6.28. The fourth-order valence-electron chi connectivity index (χ4n) is 7.21. The molecule has 230 valence electrons. The van der Waals surface area contributed by atoms with Crippen LogP contribution in [0.5, 0.6) is 6.01 Å². The standard InChI is InChI=1S/C35H43N7O2/c1-5-32(43)42-19-18-41(23-28(42)22-36-3)34-29-16-17-40(31-15-9-12-26-11-8-10-25(2)33(26)31)24-30(29)37-35(38-34)44-21-20-39(4)27-13-6-7-14-27/h5,8-12,15,27-28H,1,6-7,13-14,16-24H2,2,4H3/t28-/m0/s1. The second kappa shape index (κ2) is 13.2. The lowest BCUT2D eigenvalue weighted by Gasteiger charge is -2.41. The van der Waals surface area contributed by atoms with Gasteiger partial charge in [0.2, 0.25) is 12.5 Å². The van der Waals surface area contributed by atoms with Crippen molar-refractivity contribution in [1.82, 2.24) is 19.8 Å². The maximum atomic E-state index is 12.6. The smallest absolute Gasteiger partial charge is 0.318 e. The largest absolute Gasteiger partial charge is 0.462 e. The first-order chi connectivity index (χ1) is 21.5. The van der Waals surface area contributed by atoms with E-state index in [4.69, 9.17) is 21.3 Å². The zero-order valence-electron chi connectivity index (χ0n) is 26.0. The topological polar surface area (TPSA) is 69.4 Å². The van der Waals surface area contributed by atoms with E-state index in [1.54, 1.807) is 4.90 Å². The molecule has 0 bridgehead atoms. The van der Waals surface area contributed by atoms with Gasteiger partial charge in [-0.3, -0.25) is 4.79 Å². The number of carbonyl (C=O) groups is 1. The Kier molecular flexibility index (Phi) is 8.99. The summed E-state index contributed by atoms with van der Waals surface area (Å²) in [6, 6.07) is 13.8. The average Bonchev–Trinajstić information content (AvgIpc) is 3.59. The molecule has 1 saturated carbocycles. The van der Waals surface area contributed by atoms with Crippen molar-refractivity contribution in [1.29, 1.82) is 0 Å². The Morgan fingerprint density at radius 2 is 1.93 bits per heavy atom. The van der Waals surface area contributed by atoms with Crippen LogP contribution < -0.4 is 14.5 Å². The highest BCUT2D eigenvalue weighted by Gasteiger charge is 2.35. The van der Waals surface area contributed by atoms with Crippen molar-refractivity contribution in [3.8, 4) is 6.01 Å². The van der Waals surface area contributed by atoms with Crippen molar-refractivity contribution in [2.75, 3.05) is 62.7 Å². The zero-order chi connectivity index (χ0) is 30.6. The van der Waals surface area contributed by atoms with E-state index in [-0.39, 0.29) is 18.5 Å². The van der Waals surface area contributed by atoms with Gasteiger partial charge in [0.25, 0.3) is 0 Å².